The van der Waals surface area contributed by atoms with Crippen LogP contribution < -0.4 is 0 Å². The van der Waals surface area contributed by atoms with Crippen LogP contribution >= 0.6 is 0 Å². The molecule has 1 aromatic heterocycles. The van der Waals surface area contributed by atoms with Crippen LogP contribution in [0.1, 0.15) is 32.3 Å². The lowest BCUT2D eigenvalue weighted by Crippen LogP contribution is -2.07. The van der Waals surface area contributed by atoms with Gasteiger partial charge in [-0.1, -0.05) is 49.7 Å². The summed E-state index contributed by atoms with van der Waals surface area (Å²) in [4.78, 5) is 16.6. The van der Waals surface area contributed by atoms with Crippen molar-refractivity contribution in [2.24, 2.45) is 0 Å². The van der Waals surface area contributed by atoms with Crippen molar-refractivity contribution in [1.82, 2.24) is 9.55 Å². The summed E-state index contributed by atoms with van der Waals surface area (Å²) in [6, 6.07) is 16.3. The van der Waals surface area contributed by atoms with Crippen LogP contribution in [-0.4, -0.2) is 22.1 Å². The fourth-order valence-corrected chi connectivity index (χ4v) is 3.01. The van der Waals surface area contributed by atoms with Gasteiger partial charge in [0.2, 0.25) is 0 Å². The van der Waals surface area contributed by atoms with Crippen molar-refractivity contribution in [2.45, 2.75) is 39.7 Å². The molecule has 0 aliphatic rings. The van der Waals surface area contributed by atoms with E-state index in [4.69, 9.17) is 9.72 Å². The Morgan fingerprint density at radius 2 is 1.92 bits per heavy atom. The van der Waals surface area contributed by atoms with Gasteiger partial charge in [0, 0.05) is 12.1 Å². The standard InChI is InChI=1S/C21H24N2O2/c1-3-5-13-23-19-12-11-16(15-20(24)25-4-2)14-18(19)22-21(23)17-9-7-6-8-10-17/h6-12,14H,3-5,13,15H2,1-2H3. The Bertz CT molecular complexity index is 853. The molecule has 0 aliphatic heterocycles. The predicted octanol–water partition coefficient (Wildman–Crippen LogP) is 4.61. The van der Waals surface area contributed by atoms with E-state index in [1.54, 1.807) is 0 Å². The number of carbonyl (C=O) groups is 1. The lowest BCUT2D eigenvalue weighted by Gasteiger charge is -2.09. The number of hydrogen-bond donors (Lipinski definition) is 0. The van der Waals surface area contributed by atoms with E-state index in [1.165, 1.54) is 0 Å². The van der Waals surface area contributed by atoms with Crippen LogP contribution in [0.15, 0.2) is 48.5 Å². The van der Waals surface area contributed by atoms with Gasteiger partial charge in [-0.3, -0.25) is 4.79 Å². The van der Waals surface area contributed by atoms with Gasteiger partial charge < -0.3 is 9.30 Å². The minimum absolute atomic E-state index is 0.199. The lowest BCUT2D eigenvalue weighted by molar-refractivity contribution is -0.142. The molecule has 0 N–H and O–H groups in total. The van der Waals surface area contributed by atoms with Crippen LogP contribution in [0.2, 0.25) is 0 Å². The average Bonchev–Trinajstić information content (AvgIpc) is 2.98. The number of rotatable bonds is 7. The highest BCUT2D eigenvalue weighted by Crippen LogP contribution is 2.26. The van der Waals surface area contributed by atoms with E-state index in [1.807, 2.05) is 37.3 Å². The lowest BCUT2D eigenvalue weighted by atomic mass is 10.1. The van der Waals surface area contributed by atoms with Crippen molar-refractivity contribution in [3.05, 3.63) is 54.1 Å². The molecule has 0 bridgehead atoms. The number of ether oxygens (including phenoxy) is 1. The van der Waals surface area contributed by atoms with Gasteiger partial charge in [-0.2, -0.15) is 0 Å². The third-order valence-electron chi connectivity index (χ3n) is 4.23. The summed E-state index contributed by atoms with van der Waals surface area (Å²) in [5.74, 6) is 0.785. The summed E-state index contributed by atoms with van der Waals surface area (Å²) in [6.45, 7) is 5.36. The predicted molar refractivity (Wildman–Crippen MR) is 100 cm³/mol. The number of aryl methyl sites for hydroxylation is 1. The molecule has 3 aromatic rings. The smallest absolute Gasteiger partial charge is 0.310 e. The van der Waals surface area contributed by atoms with Crippen LogP contribution in [-0.2, 0) is 22.5 Å². The molecule has 1 heterocycles. The second kappa shape index (κ2) is 7.97. The Morgan fingerprint density at radius 1 is 1.12 bits per heavy atom. The second-order valence-corrected chi connectivity index (χ2v) is 6.11. The van der Waals surface area contributed by atoms with E-state index in [0.29, 0.717) is 6.61 Å². The summed E-state index contributed by atoms with van der Waals surface area (Å²) in [6.07, 6.45) is 2.52. The Labute approximate surface area is 148 Å². The molecule has 4 nitrogen and oxygen atoms in total. The number of esters is 1. The first-order valence-electron chi connectivity index (χ1n) is 8.93. The number of carbonyl (C=O) groups excluding carboxylic acids is 1. The Morgan fingerprint density at radius 3 is 2.64 bits per heavy atom. The van der Waals surface area contributed by atoms with E-state index in [2.05, 4.69) is 29.7 Å². The number of fused-ring (bicyclic) bond motifs is 1. The van der Waals surface area contributed by atoms with Gasteiger partial charge in [0.25, 0.3) is 0 Å². The Balaban J connectivity index is 2.01. The normalized spacial score (nSPS) is 11.0. The van der Waals surface area contributed by atoms with Crippen LogP contribution in [0.25, 0.3) is 22.4 Å². The quantitative estimate of drug-likeness (QED) is 0.592. The Hall–Kier alpha value is -2.62. The molecule has 130 valence electrons. The highest BCUT2D eigenvalue weighted by Gasteiger charge is 2.13. The molecule has 0 atom stereocenters. The van der Waals surface area contributed by atoms with Gasteiger partial charge >= 0.3 is 5.97 Å². The Kier molecular flexibility index (Phi) is 5.49. The maximum Gasteiger partial charge on any atom is 0.310 e. The van der Waals surface area contributed by atoms with Crippen molar-refractivity contribution in [2.75, 3.05) is 6.61 Å². The second-order valence-electron chi connectivity index (χ2n) is 6.11. The van der Waals surface area contributed by atoms with Crippen LogP contribution in [0.5, 0.6) is 0 Å². The summed E-state index contributed by atoms with van der Waals surface area (Å²) in [5, 5.41) is 0. The topological polar surface area (TPSA) is 44.1 Å². The van der Waals surface area contributed by atoms with Crippen molar-refractivity contribution in [3.63, 3.8) is 0 Å². The minimum Gasteiger partial charge on any atom is -0.466 e. The molecular weight excluding hydrogens is 312 g/mol. The summed E-state index contributed by atoms with van der Waals surface area (Å²) in [5.41, 5.74) is 4.09. The first-order chi connectivity index (χ1) is 12.2. The van der Waals surface area contributed by atoms with Gasteiger partial charge in [-0.25, -0.2) is 4.98 Å². The zero-order chi connectivity index (χ0) is 17.6. The fourth-order valence-electron chi connectivity index (χ4n) is 3.01. The average molecular weight is 336 g/mol. The first kappa shape index (κ1) is 17.2. The fraction of sp³-hybridized carbons (Fsp3) is 0.333. The molecule has 0 fully saturated rings. The maximum atomic E-state index is 11.7. The first-order valence-corrected chi connectivity index (χ1v) is 8.93. The molecule has 0 radical (unpaired) electrons. The molecule has 0 aliphatic carbocycles. The number of imidazole rings is 1. The van der Waals surface area contributed by atoms with E-state index < -0.39 is 0 Å². The van der Waals surface area contributed by atoms with E-state index in [-0.39, 0.29) is 12.4 Å². The van der Waals surface area contributed by atoms with Gasteiger partial charge in [0.1, 0.15) is 5.82 Å². The van der Waals surface area contributed by atoms with Gasteiger partial charge in [0.05, 0.1) is 24.1 Å². The summed E-state index contributed by atoms with van der Waals surface area (Å²) in [7, 11) is 0. The number of unbranched alkanes of at least 4 members (excludes halogenated alkanes) is 1. The molecular formula is C21H24N2O2. The number of hydrogen-bond acceptors (Lipinski definition) is 3. The SMILES string of the molecule is CCCCn1c(-c2ccccc2)nc2cc(CC(=O)OCC)ccc21. The van der Waals surface area contributed by atoms with Crippen LogP contribution in [0, 0.1) is 0 Å². The molecule has 0 saturated heterocycles. The van der Waals surface area contributed by atoms with E-state index in [0.717, 1.165) is 47.4 Å². The third kappa shape index (κ3) is 3.90. The molecule has 4 heteroatoms. The largest absolute Gasteiger partial charge is 0.466 e. The third-order valence-corrected chi connectivity index (χ3v) is 4.23. The summed E-state index contributed by atoms with van der Waals surface area (Å²) >= 11 is 0. The molecule has 2 aromatic carbocycles. The zero-order valence-electron chi connectivity index (χ0n) is 14.9. The molecule has 0 saturated carbocycles. The van der Waals surface area contributed by atoms with Crippen molar-refractivity contribution >= 4 is 17.0 Å². The van der Waals surface area contributed by atoms with Gasteiger partial charge in [-0.05, 0) is 31.0 Å². The number of aromatic nitrogens is 2. The molecule has 0 spiro atoms. The summed E-state index contributed by atoms with van der Waals surface area (Å²) < 4.78 is 7.32. The van der Waals surface area contributed by atoms with Crippen molar-refractivity contribution in [1.29, 1.82) is 0 Å². The van der Waals surface area contributed by atoms with E-state index >= 15 is 0 Å². The van der Waals surface area contributed by atoms with E-state index in [9.17, 15) is 4.79 Å². The minimum atomic E-state index is -0.199. The zero-order valence-corrected chi connectivity index (χ0v) is 14.9. The van der Waals surface area contributed by atoms with Crippen molar-refractivity contribution < 1.29 is 9.53 Å². The molecule has 3 rings (SSSR count). The van der Waals surface area contributed by atoms with Crippen molar-refractivity contribution in [3.8, 4) is 11.4 Å². The monoisotopic (exact) mass is 336 g/mol. The molecule has 25 heavy (non-hydrogen) atoms. The van der Waals surface area contributed by atoms with Crippen LogP contribution in [0.4, 0.5) is 0 Å². The number of nitrogens with zero attached hydrogens (tertiary/aromatic N) is 2. The highest BCUT2D eigenvalue weighted by molar-refractivity contribution is 5.83. The highest BCUT2D eigenvalue weighted by atomic mass is 16.5. The molecule has 0 amide bonds. The maximum absolute atomic E-state index is 11.7. The van der Waals surface area contributed by atoms with Gasteiger partial charge in [0.15, 0.2) is 0 Å². The molecule has 0 unspecified atom stereocenters. The number of benzene rings is 2. The van der Waals surface area contributed by atoms with Gasteiger partial charge in [-0.15, -0.1) is 0 Å². The van der Waals surface area contributed by atoms with Crippen LogP contribution in [0.3, 0.4) is 0 Å².